The van der Waals surface area contributed by atoms with E-state index in [2.05, 4.69) is 19.2 Å². The van der Waals surface area contributed by atoms with Gasteiger partial charge in [-0.1, -0.05) is 50.3 Å². The molecule has 1 aliphatic heterocycles. The Morgan fingerprint density at radius 1 is 1.12 bits per heavy atom. The molecule has 0 spiro atoms. The van der Waals surface area contributed by atoms with E-state index in [-0.39, 0.29) is 5.91 Å². The molecule has 0 unspecified atom stereocenters. The molecule has 0 radical (unpaired) electrons. The number of hydrogen-bond donors (Lipinski definition) is 1. The van der Waals surface area contributed by atoms with Gasteiger partial charge in [-0.05, 0) is 41.3 Å². The molecule has 0 saturated carbocycles. The maximum Gasteiger partial charge on any atom is 0.248 e. The van der Waals surface area contributed by atoms with Gasteiger partial charge in [-0.2, -0.15) is 0 Å². The molecule has 122 valence electrons. The SMILES string of the molecule is CC(C)c1ccc(NC(=O)/C=C/C2=Cc3ccccc3OC2)cc1. The van der Waals surface area contributed by atoms with Crippen molar-refractivity contribution in [3.05, 3.63) is 77.4 Å². The zero-order valence-electron chi connectivity index (χ0n) is 14.0. The van der Waals surface area contributed by atoms with Gasteiger partial charge >= 0.3 is 0 Å². The van der Waals surface area contributed by atoms with E-state index < -0.39 is 0 Å². The normalized spacial score (nSPS) is 13.4. The molecule has 0 fully saturated rings. The summed E-state index contributed by atoms with van der Waals surface area (Å²) in [5, 5.41) is 2.87. The second-order valence-corrected chi connectivity index (χ2v) is 6.15. The molecular formula is C21H21NO2. The number of para-hydroxylation sites is 1. The monoisotopic (exact) mass is 319 g/mol. The molecule has 0 aromatic heterocycles. The zero-order valence-corrected chi connectivity index (χ0v) is 14.0. The Hall–Kier alpha value is -2.81. The van der Waals surface area contributed by atoms with Crippen LogP contribution < -0.4 is 10.1 Å². The molecule has 0 aliphatic carbocycles. The van der Waals surface area contributed by atoms with Gasteiger partial charge in [0.2, 0.25) is 5.91 Å². The van der Waals surface area contributed by atoms with Crippen molar-refractivity contribution in [3.8, 4) is 5.75 Å². The second kappa shape index (κ2) is 7.18. The third kappa shape index (κ3) is 3.93. The largest absolute Gasteiger partial charge is 0.488 e. The van der Waals surface area contributed by atoms with E-state index in [0.717, 1.165) is 22.6 Å². The van der Waals surface area contributed by atoms with Gasteiger partial charge in [0.05, 0.1) is 0 Å². The molecule has 1 heterocycles. The van der Waals surface area contributed by atoms with Crippen molar-refractivity contribution in [2.45, 2.75) is 19.8 Å². The quantitative estimate of drug-likeness (QED) is 0.824. The second-order valence-electron chi connectivity index (χ2n) is 6.15. The number of nitrogens with one attached hydrogen (secondary N) is 1. The Kier molecular flexibility index (Phi) is 4.80. The van der Waals surface area contributed by atoms with E-state index in [9.17, 15) is 4.79 Å². The van der Waals surface area contributed by atoms with Gasteiger partial charge in [-0.3, -0.25) is 4.79 Å². The summed E-state index contributed by atoms with van der Waals surface area (Å²) in [5.41, 5.74) is 4.06. The first kappa shape index (κ1) is 16.1. The molecule has 24 heavy (non-hydrogen) atoms. The molecule has 1 aliphatic rings. The zero-order chi connectivity index (χ0) is 16.9. The lowest BCUT2D eigenvalue weighted by molar-refractivity contribution is -0.111. The summed E-state index contributed by atoms with van der Waals surface area (Å²) in [7, 11) is 0. The Labute approximate surface area is 142 Å². The van der Waals surface area contributed by atoms with Crippen molar-refractivity contribution in [2.75, 3.05) is 11.9 Å². The minimum absolute atomic E-state index is 0.146. The van der Waals surface area contributed by atoms with Crippen LogP contribution in [-0.2, 0) is 4.79 Å². The van der Waals surface area contributed by atoms with Gasteiger partial charge in [0.15, 0.2) is 0 Å². The van der Waals surface area contributed by atoms with Crippen LogP contribution in [0.4, 0.5) is 5.69 Å². The number of benzene rings is 2. The maximum absolute atomic E-state index is 12.1. The summed E-state index contributed by atoms with van der Waals surface area (Å²) in [4.78, 5) is 12.1. The highest BCUT2D eigenvalue weighted by Crippen LogP contribution is 2.26. The van der Waals surface area contributed by atoms with Crippen LogP contribution >= 0.6 is 0 Å². The standard InChI is InChI=1S/C21H21NO2/c1-15(2)17-8-10-19(11-9-17)22-21(23)12-7-16-13-18-5-3-4-6-20(18)24-14-16/h3-13,15H,14H2,1-2H3,(H,22,23)/b12-7+. The molecule has 0 atom stereocenters. The molecule has 2 aromatic carbocycles. The van der Waals surface area contributed by atoms with Crippen molar-refractivity contribution in [1.29, 1.82) is 0 Å². The molecule has 3 heteroatoms. The van der Waals surface area contributed by atoms with E-state index in [0.29, 0.717) is 12.5 Å². The van der Waals surface area contributed by atoms with E-state index in [1.807, 2.05) is 54.6 Å². The molecule has 1 amide bonds. The summed E-state index contributed by atoms with van der Waals surface area (Å²) in [6.45, 7) is 4.77. The summed E-state index contributed by atoms with van der Waals surface area (Å²) in [5.74, 6) is 1.21. The number of carbonyl (C=O) groups excluding carboxylic acids is 1. The van der Waals surface area contributed by atoms with Crippen LogP contribution in [0.15, 0.2) is 66.3 Å². The van der Waals surface area contributed by atoms with Crippen molar-refractivity contribution < 1.29 is 9.53 Å². The number of fused-ring (bicyclic) bond motifs is 1. The summed E-state index contributed by atoms with van der Waals surface area (Å²) < 4.78 is 5.67. The van der Waals surface area contributed by atoms with Crippen LogP contribution in [0, 0.1) is 0 Å². The average Bonchev–Trinajstić information content (AvgIpc) is 2.60. The number of amides is 1. The Bertz CT molecular complexity index is 786. The van der Waals surface area contributed by atoms with Gasteiger partial charge in [0.1, 0.15) is 12.4 Å². The summed E-state index contributed by atoms with van der Waals surface area (Å²) in [6, 6.07) is 15.8. The molecule has 3 rings (SSSR count). The minimum Gasteiger partial charge on any atom is -0.488 e. The van der Waals surface area contributed by atoms with Crippen LogP contribution in [0.1, 0.15) is 30.9 Å². The fourth-order valence-corrected chi connectivity index (χ4v) is 2.55. The molecule has 0 bridgehead atoms. The van der Waals surface area contributed by atoms with E-state index in [1.54, 1.807) is 12.2 Å². The first-order valence-corrected chi connectivity index (χ1v) is 8.13. The topological polar surface area (TPSA) is 38.3 Å². The lowest BCUT2D eigenvalue weighted by atomic mass is 10.0. The lowest BCUT2D eigenvalue weighted by Gasteiger charge is -2.15. The van der Waals surface area contributed by atoms with Crippen LogP contribution in [0.2, 0.25) is 0 Å². The Morgan fingerprint density at radius 3 is 2.62 bits per heavy atom. The van der Waals surface area contributed by atoms with Gasteiger partial charge in [0.25, 0.3) is 0 Å². The Balaban J connectivity index is 1.63. The smallest absolute Gasteiger partial charge is 0.248 e. The van der Waals surface area contributed by atoms with Gasteiger partial charge in [-0.25, -0.2) is 0 Å². The molecule has 2 aromatic rings. The van der Waals surface area contributed by atoms with Crippen molar-refractivity contribution in [1.82, 2.24) is 0 Å². The first-order chi connectivity index (χ1) is 11.6. The summed E-state index contributed by atoms with van der Waals surface area (Å²) in [6.07, 6.45) is 5.38. The third-order valence-electron chi connectivity index (χ3n) is 3.95. The van der Waals surface area contributed by atoms with Crippen molar-refractivity contribution in [2.24, 2.45) is 0 Å². The fourth-order valence-electron chi connectivity index (χ4n) is 2.55. The number of carbonyl (C=O) groups is 1. The number of ether oxygens (including phenoxy) is 1. The molecule has 1 N–H and O–H groups in total. The van der Waals surface area contributed by atoms with Crippen molar-refractivity contribution in [3.63, 3.8) is 0 Å². The van der Waals surface area contributed by atoms with Crippen LogP contribution in [0.25, 0.3) is 6.08 Å². The first-order valence-electron chi connectivity index (χ1n) is 8.13. The van der Waals surface area contributed by atoms with Gasteiger partial charge < -0.3 is 10.1 Å². The van der Waals surface area contributed by atoms with Gasteiger partial charge in [0, 0.05) is 17.3 Å². The fraction of sp³-hybridized carbons (Fsp3) is 0.190. The third-order valence-corrected chi connectivity index (χ3v) is 3.95. The highest BCUT2D eigenvalue weighted by Gasteiger charge is 2.08. The van der Waals surface area contributed by atoms with Crippen LogP contribution in [0.5, 0.6) is 5.75 Å². The highest BCUT2D eigenvalue weighted by atomic mass is 16.5. The average molecular weight is 319 g/mol. The Morgan fingerprint density at radius 2 is 1.88 bits per heavy atom. The van der Waals surface area contributed by atoms with Gasteiger partial charge in [-0.15, -0.1) is 0 Å². The minimum atomic E-state index is -0.146. The predicted octanol–water partition coefficient (Wildman–Crippen LogP) is 4.78. The molecule has 3 nitrogen and oxygen atoms in total. The van der Waals surface area contributed by atoms with Crippen LogP contribution in [-0.4, -0.2) is 12.5 Å². The predicted molar refractivity (Wildman–Crippen MR) is 98.2 cm³/mol. The van der Waals surface area contributed by atoms with E-state index in [4.69, 9.17) is 4.74 Å². The number of hydrogen-bond acceptors (Lipinski definition) is 2. The van der Waals surface area contributed by atoms with Crippen molar-refractivity contribution >= 4 is 17.7 Å². The maximum atomic E-state index is 12.1. The molecular weight excluding hydrogens is 298 g/mol. The molecule has 0 saturated heterocycles. The summed E-state index contributed by atoms with van der Waals surface area (Å²) >= 11 is 0. The number of rotatable bonds is 4. The van der Waals surface area contributed by atoms with Crippen LogP contribution in [0.3, 0.4) is 0 Å². The van der Waals surface area contributed by atoms with E-state index in [1.165, 1.54) is 5.56 Å². The van der Waals surface area contributed by atoms with E-state index >= 15 is 0 Å². The number of anilines is 1. The lowest BCUT2D eigenvalue weighted by Crippen LogP contribution is -2.09. The highest BCUT2D eigenvalue weighted by molar-refractivity contribution is 5.99.